The molecule has 0 radical (unpaired) electrons. The molecule has 5 nitrogen and oxygen atoms in total. The van der Waals surface area contributed by atoms with E-state index in [2.05, 4.69) is 0 Å². The Morgan fingerprint density at radius 1 is 1.56 bits per heavy atom. The molecular weight excluding hydrogens is 233 g/mol. The average molecular weight is 245 g/mol. The molecule has 0 bridgehead atoms. The highest BCUT2D eigenvalue weighted by Gasteiger charge is 2.18. The standard InChI is InChI=1S/C9H12FN3O2S/c1-16(14,15)13(6-9(11)12)8-4-2-3-7(10)5-8/h2-5H,6H2,1H3,(H3,11,12). The third kappa shape index (κ3) is 3.20. The Balaban J connectivity index is 3.16. The van der Waals surface area contributed by atoms with Crippen LogP contribution in [0.25, 0.3) is 0 Å². The molecular formula is C9H12FN3O2S. The summed E-state index contributed by atoms with van der Waals surface area (Å²) in [5, 5.41) is 7.09. The summed E-state index contributed by atoms with van der Waals surface area (Å²) in [6, 6.07) is 5.11. The van der Waals surface area contributed by atoms with Crippen molar-refractivity contribution in [1.29, 1.82) is 5.41 Å². The zero-order valence-corrected chi connectivity index (χ0v) is 9.46. The predicted molar refractivity (Wildman–Crippen MR) is 60.5 cm³/mol. The van der Waals surface area contributed by atoms with Crippen LogP contribution in [-0.4, -0.2) is 27.1 Å². The van der Waals surface area contributed by atoms with Gasteiger partial charge >= 0.3 is 0 Å². The Bertz CT molecular complexity index is 501. The second-order valence-corrected chi connectivity index (χ2v) is 5.18. The first-order valence-corrected chi connectivity index (χ1v) is 6.21. The van der Waals surface area contributed by atoms with E-state index in [1.165, 1.54) is 18.2 Å². The summed E-state index contributed by atoms with van der Waals surface area (Å²) in [6.07, 6.45) is 0.973. The van der Waals surface area contributed by atoms with Crippen LogP contribution in [0.2, 0.25) is 0 Å². The van der Waals surface area contributed by atoms with Crippen LogP contribution < -0.4 is 10.0 Å². The second kappa shape index (κ2) is 4.48. The van der Waals surface area contributed by atoms with E-state index in [0.717, 1.165) is 16.6 Å². The van der Waals surface area contributed by atoms with Gasteiger partial charge in [0.1, 0.15) is 11.7 Å². The number of anilines is 1. The summed E-state index contributed by atoms with van der Waals surface area (Å²) in [4.78, 5) is 0. The molecule has 0 atom stereocenters. The minimum Gasteiger partial charge on any atom is -0.386 e. The molecule has 1 aromatic rings. The molecule has 0 spiro atoms. The zero-order chi connectivity index (χ0) is 12.3. The number of rotatable bonds is 4. The van der Waals surface area contributed by atoms with Crippen molar-refractivity contribution in [1.82, 2.24) is 0 Å². The third-order valence-corrected chi connectivity index (χ3v) is 2.95. The molecule has 0 unspecified atom stereocenters. The molecule has 0 aliphatic heterocycles. The van der Waals surface area contributed by atoms with E-state index >= 15 is 0 Å². The van der Waals surface area contributed by atoms with Gasteiger partial charge in [0, 0.05) is 0 Å². The van der Waals surface area contributed by atoms with Crippen molar-refractivity contribution >= 4 is 21.5 Å². The van der Waals surface area contributed by atoms with E-state index in [1.807, 2.05) is 0 Å². The lowest BCUT2D eigenvalue weighted by atomic mass is 10.3. The maximum absolute atomic E-state index is 12.9. The molecule has 0 saturated carbocycles. The molecule has 0 aliphatic rings. The minimum absolute atomic E-state index is 0.151. The van der Waals surface area contributed by atoms with Gasteiger partial charge in [-0.25, -0.2) is 12.8 Å². The van der Waals surface area contributed by atoms with Crippen molar-refractivity contribution < 1.29 is 12.8 Å². The van der Waals surface area contributed by atoms with Crippen LogP contribution in [0, 0.1) is 11.2 Å². The number of sulfonamides is 1. The van der Waals surface area contributed by atoms with Gasteiger partial charge in [-0.1, -0.05) is 6.07 Å². The molecule has 0 amide bonds. The van der Waals surface area contributed by atoms with E-state index in [0.29, 0.717) is 0 Å². The van der Waals surface area contributed by atoms with Crippen LogP contribution in [0.3, 0.4) is 0 Å². The number of nitrogens with zero attached hydrogens (tertiary/aromatic N) is 1. The van der Waals surface area contributed by atoms with Gasteiger partial charge < -0.3 is 5.73 Å². The van der Waals surface area contributed by atoms with Crippen LogP contribution >= 0.6 is 0 Å². The molecule has 88 valence electrons. The van der Waals surface area contributed by atoms with Crippen LogP contribution in [0.1, 0.15) is 0 Å². The molecule has 0 fully saturated rings. The summed E-state index contributed by atoms with van der Waals surface area (Å²) < 4.78 is 36.7. The smallest absolute Gasteiger partial charge is 0.232 e. The van der Waals surface area contributed by atoms with Gasteiger partial charge in [0.05, 0.1) is 18.5 Å². The second-order valence-electron chi connectivity index (χ2n) is 3.27. The van der Waals surface area contributed by atoms with Gasteiger partial charge in [-0.05, 0) is 18.2 Å². The van der Waals surface area contributed by atoms with Crippen molar-refractivity contribution in [3.63, 3.8) is 0 Å². The molecule has 0 saturated heterocycles. The van der Waals surface area contributed by atoms with Gasteiger partial charge in [0.15, 0.2) is 0 Å². The van der Waals surface area contributed by atoms with E-state index in [-0.39, 0.29) is 18.1 Å². The van der Waals surface area contributed by atoms with Crippen molar-refractivity contribution in [3.8, 4) is 0 Å². The largest absolute Gasteiger partial charge is 0.386 e. The number of hydrogen-bond donors (Lipinski definition) is 2. The summed E-state index contributed by atoms with van der Waals surface area (Å²) in [7, 11) is -3.58. The summed E-state index contributed by atoms with van der Waals surface area (Å²) >= 11 is 0. The topological polar surface area (TPSA) is 87.2 Å². The zero-order valence-electron chi connectivity index (χ0n) is 8.64. The molecule has 3 N–H and O–H groups in total. The summed E-state index contributed by atoms with van der Waals surface area (Å²) in [5.41, 5.74) is 5.30. The monoisotopic (exact) mass is 245 g/mol. The Labute approximate surface area is 93.2 Å². The Hall–Kier alpha value is -1.63. The van der Waals surface area contributed by atoms with Gasteiger partial charge in [-0.3, -0.25) is 9.71 Å². The number of hydrogen-bond acceptors (Lipinski definition) is 3. The first-order valence-electron chi connectivity index (χ1n) is 4.37. The molecule has 1 rings (SSSR count). The van der Waals surface area contributed by atoms with Crippen molar-refractivity contribution in [2.45, 2.75) is 0 Å². The van der Waals surface area contributed by atoms with Crippen molar-refractivity contribution in [2.24, 2.45) is 5.73 Å². The number of nitrogens with one attached hydrogen (secondary N) is 1. The van der Waals surface area contributed by atoms with E-state index < -0.39 is 15.8 Å². The Morgan fingerprint density at radius 3 is 2.62 bits per heavy atom. The normalized spacial score (nSPS) is 11.1. The third-order valence-electron chi connectivity index (χ3n) is 1.81. The maximum atomic E-state index is 12.9. The van der Waals surface area contributed by atoms with Crippen molar-refractivity contribution in [3.05, 3.63) is 30.1 Å². The lowest BCUT2D eigenvalue weighted by Crippen LogP contribution is -2.37. The number of nitrogens with two attached hydrogens (primary N) is 1. The quantitative estimate of drug-likeness (QED) is 0.599. The molecule has 0 heterocycles. The highest BCUT2D eigenvalue weighted by atomic mass is 32.2. The first kappa shape index (κ1) is 12.4. The van der Waals surface area contributed by atoms with Crippen molar-refractivity contribution in [2.75, 3.05) is 17.1 Å². The van der Waals surface area contributed by atoms with E-state index in [4.69, 9.17) is 11.1 Å². The van der Waals surface area contributed by atoms with Gasteiger partial charge in [-0.15, -0.1) is 0 Å². The van der Waals surface area contributed by atoms with Gasteiger partial charge in [0.2, 0.25) is 10.0 Å². The molecule has 16 heavy (non-hydrogen) atoms. The van der Waals surface area contributed by atoms with Crippen LogP contribution in [-0.2, 0) is 10.0 Å². The van der Waals surface area contributed by atoms with Gasteiger partial charge in [-0.2, -0.15) is 0 Å². The average Bonchev–Trinajstić information content (AvgIpc) is 2.12. The predicted octanol–water partition coefficient (Wildman–Crippen LogP) is 0.528. The summed E-state index contributed by atoms with van der Waals surface area (Å²) in [5.74, 6) is -0.857. The lowest BCUT2D eigenvalue weighted by molar-refractivity contribution is 0.598. The van der Waals surface area contributed by atoms with E-state index in [9.17, 15) is 12.8 Å². The SMILES string of the molecule is CS(=O)(=O)N(CC(=N)N)c1cccc(F)c1. The van der Waals surface area contributed by atoms with Crippen LogP contribution in [0.5, 0.6) is 0 Å². The fourth-order valence-electron chi connectivity index (χ4n) is 1.19. The Morgan fingerprint density at radius 2 is 2.19 bits per heavy atom. The minimum atomic E-state index is -3.58. The van der Waals surface area contributed by atoms with E-state index in [1.54, 1.807) is 0 Å². The molecule has 0 aliphatic carbocycles. The molecule has 0 aromatic heterocycles. The maximum Gasteiger partial charge on any atom is 0.232 e. The van der Waals surface area contributed by atoms with Crippen LogP contribution in [0.15, 0.2) is 24.3 Å². The van der Waals surface area contributed by atoms with Crippen LogP contribution in [0.4, 0.5) is 10.1 Å². The fourth-order valence-corrected chi connectivity index (χ4v) is 2.06. The number of amidine groups is 1. The highest BCUT2D eigenvalue weighted by molar-refractivity contribution is 7.92. The van der Waals surface area contributed by atoms with Gasteiger partial charge in [0.25, 0.3) is 0 Å². The highest BCUT2D eigenvalue weighted by Crippen LogP contribution is 2.17. The number of halogens is 1. The fraction of sp³-hybridized carbons (Fsp3) is 0.222. The number of benzene rings is 1. The Kier molecular flexibility index (Phi) is 3.48. The molecule has 7 heteroatoms. The lowest BCUT2D eigenvalue weighted by Gasteiger charge is -2.21. The molecule has 1 aromatic carbocycles. The summed E-state index contributed by atoms with van der Waals surface area (Å²) in [6.45, 7) is -0.289. The first-order chi connectivity index (χ1) is 7.30.